The number of nitrogens with one attached hydrogen (secondary N) is 1. The lowest BCUT2D eigenvalue weighted by molar-refractivity contribution is -0.123. The van der Waals surface area contributed by atoms with Crippen LogP contribution in [0.3, 0.4) is 0 Å². The van der Waals surface area contributed by atoms with Gasteiger partial charge in [-0.2, -0.15) is 13.2 Å². The number of alkyl halides is 3. The number of nitrogens with zero attached hydrogens (tertiary/aromatic N) is 5. The summed E-state index contributed by atoms with van der Waals surface area (Å²) in [5.41, 5.74) is 2.69. The Morgan fingerprint density at radius 2 is 1.84 bits per heavy atom. The molecule has 0 radical (unpaired) electrons. The zero-order valence-corrected chi connectivity index (χ0v) is 20.8. The van der Waals surface area contributed by atoms with E-state index in [0.29, 0.717) is 31.3 Å². The van der Waals surface area contributed by atoms with Gasteiger partial charge in [-0.1, -0.05) is 30.0 Å². The lowest BCUT2D eigenvalue weighted by atomic mass is 10.1. The van der Waals surface area contributed by atoms with Crippen LogP contribution in [-0.2, 0) is 6.54 Å². The monoisotopic (exact) mass is 524 g/mol. The van der Waals surface area contributed by atoms with E-state index in [-0.39, 0.29) is 5.69 Å². The minimum atomic E-state index is -4.48. The molecule has 1 aliphatic heterocycles. The Morgan fingerprint density at radius 1 is 1.05 bits per heavy atom. The maximum absolute atomic E-state index is 12.3. The predicted octanol–water partition coefficient (Wildman–Crippen LogP) is 3.28. The van der Waals surface area contributed by atoms with Crippen LogP contribution in [0.5, 0.6) is 5.75 Å². The molecule has 4 rings (SSSR count). The summed E-state index contributed by atoms with van der Waals surface area (Å²) in [6.45, 7) is 4.74. The van der Waals surface area contributed by atoms with Crippen molar-refractivity contribution in [3.05, 3.63) is 77.2 Å². The number of rotatable bonds is 7. The van der Waals surface area contributed by atoms with Crippen molar-refractivity contribution in [3.8, 4) is 17.6 Å². The summed E-state index contributed by atoms with van der Waals surface area (Å²) >= 11 is 0. The Hall–Kier alpha value is -4.17. The SMILES string of the molecule is CCOc1cncc(C#Cc2ccccc2CN2CCN(c3ccc(C(=O)NCC(F)(F)F)nn3)CC2)c1. The maximum atomic E-state index is 12.3. The van der Waals surface area contributed by atoms with Crippen LogP contribution in [0.25, 0.3) is 0 Å². The second-order valence-electron chi connectivity index (χ2n) is 8.59. The molecular formula is C27H27F3N6O2. The van der Waals surface area contributed by atoms with E-state index in [9.17, 15) is 18.0 Å². The number of ether oxygens (including phenoxy) is 1. The number of carbonyl (C=O) groups is 1. The van der Waals surface area contributed by atoms with E-state index in [2.05, 4.69) is 38.0 Å². The Kier molecular flexibility index (Phi) is 8.76. The topological polar surface area (TPSA) is 83.5 Å². The summed E-state index contributed by atoms with van der Waals surface area (Å²) in [7, 11) is 0. The van der Waals surface area contributed by atoms with Crippen molar-refractivity contribution < 1.29 is 22.7 Å². The number of piperazine rings is 1. The van der Waals surface area contributed by atoms with Gasteiger partial charge in [0.25, 0.3) is 5.91 Å². The highest BCUT2D eigenvalue weighted by Crippen LogP contribution is 2.17. The van der Waals surface area contributed by atoms with Crippen molar-refractivity contribution in [2.75, 3.05) is 44.2 Å². The van der Waals surface area contributed by atoms with Gasteiger partial charge in [-0.15, -0.1) is 10.2 Å². The summed E-state index contributed by atoms with van der Waals surface area (Å²) < 4.78 is 42.4. The summed E-state index contributed by atoms with van der Waals surface area (Å²) in [6.07, 6.45) is -1.11. The van der Waals surface area contributed by atoms with Crippen molar-refractivity contribution >= 4 is 11.7 Å². The second-order valence-corrected chi connectivity index (χ2v) is 8.59. The lowest BCUT2D eigenvalue weighted by Gasteiger charge is -2.35. The first-order valence-corrected chi connectivity index (χ1v) is 12.1. The smallest absolute Gasteiger partial charge is 0.405 e. The molecule has 198 valence electrons. The van der Waals surface area contributed by atoms with Gasteiger partial charge in [-0.05, 0) is 36.8 Å². The summed E-state index contributed by atoms with van der Waals surface area (Å²) in [4.78, 5) is 20.4. The third kappa shape index (κ3) is 7.66. The molecule has 1 aliphatic rings. The molecule has 0 atom stereocenters. The van der Waals surface area contributed by atoms with Crippen molar-refractivity contribution in [2.24, 2.45) is 0 Å². The molecule has 1 saturated heterocycles. The van der Waals surface area contributed by atoms with Gasteiger partial charge in [0, 0.05) is 50.0 Å². The molecule has 38 heavy (non-hydrogen) atoms. The minimum Gasteiger partial charge on any atom is -0.492 e. The average molecular weight is 525 g/mol. The van der Waals surface area contributed by atoms with Gasteiger partial charge in [0.15, 0.2) is 11.5 Å². The molecule has 0 saturated carbocycles. The molecule has 1 fully saturated rings. The molecular weight excluding hydrogens is 497 g/mol. The highest BCUT2D eigenvalue weighted by molar-refractivity contribution is 5.92. The van der Waals surface area contributed by atoms with Crippen LogP contribution in [0.4, 0.5) is 19.0 Å². The molecule has 0 spiro atoms. The van der Waals surface area contributed by atoms with Gasteiger partial charge < -0.3 is 15.0 Å². The van der Waals surface area contributed by atoms with E-state index in [1.165, 1.54) is 6.07 Å². The van der Waals surface area contributed by atoms with Crippen LogP contribution in [0, 0.1) is 11.8 Å². The largest absolute Gasteiger partial charge is 0.492 e. The molecule has 2 aromatic heterocycles. The summed E-state index contributed by atoms with van der Waals surface area (Å²) in [5, 5.41) is 9.64. The molecule has 1 aromatic carbocycles. The first kappa shape index (κ1) is 26.9. The number of amides is 1. The van der Waals surface area contributed by atoms with Crippen molar-refractivity contribution in [1.82, 2.24) is 25.4 Å². The molecule has 11 heteroatoms. The number of carbonyl (C=O) groups excluding carboxylic acids is 1. The number of anilines is 1. The molecule has 8 nitrogen and oxygen atoms in total. The van der Waals surface area contributed by atoms with Crippen LogP contribution in [0.1, 0.15) is 34.1 Å². The third-order valence-corrected chi connectivity index (χ3v) is 5.81. The fourth-order valence-corrected chi connectivity index (χ4v) is 3.91. The number of aromatic nitrogens is 3. The third-order valence-electron chi connectivity index (χ3n) is 5.81. The molecule has 3 aromatic rings. The van der Waals surface area contributed by atoms with E-state index in [4.69, 9.17) is 4.74 Å². The van der Waals surface area contributed by atoms with Gasteiger partial charge >= 0.3 is 6.18 Å². The summed E-state index contributed by atoms with van der Waals surface area (Å²) in [5.74, 6) is 6.79. The van der Waals surface area contributed by atoms with Crippen LogP contribution in [0.15, 0.2) is 54.9 Å². The second kappa shape index (κ2) is 12.4. The number of pyridine rings is 1. The zero-order chi connectivity index (χ0) is 27.0. The van der Waals surface area contributed by atoms with Crippen LogP contribution in [0.2, 0.25) is 0 Å². The zero-order valence-electron chi connectivity index (χ0n) is 20.8. The number of benzene rings is 1. The normalized spacial score (nSPS) is 13.9. The van der Waals surface area contributed by atoms with Crippen molar-refractivity contribution in [1.29, 1.82) is 0 Å². The van der Waals surface area contributed by atoms with E-state index in [1.807, 2.05) is 36.1 Å². The fourth-order valence-electron chi connectivity index (χ4n) is 3.91. The van der Waals surface area contributed by atoms with E-state index < -0.39 is 18.6 Å². The molecule has 1 amide bonds. The predicted molar refractivity (Wildman–Crippen MR) is 136 cm³/mol. The molecule has 0 unspecified atom stereocenters. The van der Waals surface area contributed by atoms with Crippen LogP contribution < -0.4 is 15.0 Å². The van der Waals surface area contributed by atoms with E-state index >= 15 is 0 Å². The van der Waals surface area contributed by atoms with Gasteiger partial charge in [0.05, 0.1) is 12.8 Å². The Labute approximate surface area is 218 Å². The highest BCUT2D eigenvalue weighted by atomic mass is 19.4. The standard InChI is InChI=1S/C27H27F3N6O2/c1-2-38-23-15-20(16-31-17-23)7-8-21-5-3-4-6-22(21)18-35-11-13-36(14-12-35)25-10-9-24(33-34-25)26(37)32-19-27(28,29)30/h3-6,9-10,15-17H,2,11-14,18-19H2,1H3,(H,32,37). The first-order chi connectivity index (χ1) is 18.3. The van der Waals surface area contributed by atoms with Crippen molar-refractivity contribution in [3.63, 3.8) is 0 Å². The number of halogens is 3. The van der Waals surface area contributed by atoms with Gasteiger partial charge in [0.2, 0.25) is 0 Å². The maximum Gasteiger partial charge on any atom is 0.405 e. The number of hydrogen-bond acceptors (Lipinski definition) is 7. The van der Waals surface area contributed by atoms with Crippen LogP contribution >= 0.6 is 0 Å². The van der Waals surface area contributed by atoms with Gasteiger partial charge in [-0.3, -0.25) is 14.7 Å². The Bertz CT molecular complexity index is 1300. The van der Waals surface area contributed by atoms with Gasteiger partial charge in [-0.25, -0.2) is 0 Å². The fraction of sp³-hybridized carbons (Fsp3) is 0.333. The highest BCUT2D eigenvalue weighted by Gasteiger charge is 2.28. The first-order valence-electron chi connectivity index (χ1n) is 12.1. The molecule has 0 aliphatic carbocycles. The Balaban J connectivity index is 1.33. The number of hydrogen-bond donors (Lipinski definition) is 1. The molecule has 1 N–H and O–H groups in total. The molecule has 0 bridgehead atoms. The van der Waals surface area contributed by atoms with E-state index in [1.54, 1.807) is 23.8 Å². The Morgan fingerprint density at radius 3 is 2.55 bits per heavy atom. The van der Waals surface area contributed by atoms with Gasteiger partial charge in [0.1, 0.15) is 12.3 Å². The minimum absolute atomic E-state index is 0.158. The van der Waals surface area contributed by atoms with Crippen LogP contribution in [-0.4, -0.2) is 71.5 Å². The van der Waals surface area contributed by atoms with E-state index in [0.717, 1.165) is 36.3 Å². The van der Waals surface area contributed by atoms with Crippen molar-refractivity contribution in [2.45, 2.75) is 19.6 Å². The average Bonchev–Trinajstić information content (AvgIpc) is 2.92. The lowest BCUT2D eigenvalue weighted by Crippen LogP contribution is -2.46. The summed E-state index contributed by atoms with van der Waals surface area (Å²) in [6, 6.07) is 12.9. The quantitative estimate of drug-likeness (QED) is 0.475. The molecule has 3 heterocycles.